The Balaban J connectivity index is 2.38. The van der Waals surface area contributed by atoms with Crippen molar-refractivity contribution in [3.05, 3.63) is 24.3 Å². The van der Waals surface area contributed by atoms with E-state index in [4.69, 9.17) is 18.9 Å². The van der Waals surface area contributed by atoms with Crippen LogP contribution in [0.15, 0.2) is 24.3 Å². The summed E-state index contributed by atoms with van der Waals surface area (Å²) in [5.41, 5.74) is 0. The van der Waals surface area contributed by atoms with Gasteiger partial charge >= 0.3 is 11.9 Å². The number of unbranched alkanes of at least 4 members (excludes halogenated alkanes) is 27. The number of hydrogen-bond acceptors (Lipinski definition) is 11. The predicted octanol–water partition coefficient (Wildman–Crippen LogP) is 11.2. The van der Waals surface area contributed by atoms with E-state index in [-0.39, 0.29) is 19.4 Å². The number of esters is 2. The smallest absolute Gasteiger partial charge is 0.306 e. The first-order valence-electron chi connectivity index (χ1n) is 25.4. The molecule has 0 spiro atoms. The largest absolute Gasteiger partial charge is 0.462 e. The molecule has 6 unspecified atom stereocenters. The van der Waals surface area contributed by atoms with E-state index in [0.29, 0.717) is 12.8 Å². The zero-order valence-corrected chi connectivity index (χ0v) is 40.5. The van der Waals surface area contributed by atoms with Crippen LogP contribution in [0.25, 0.3) is 0 Å². The summed E-state index contributed by atoms with van der Waals surface area (Å²) in [6.07, 6.45) is 36.4. The van der Waals surface area contributed by atoms with Gasteiger partial charge in [0, 0.05) is 12.8 Å². The molecule has 0 aromatic carbocycles. The van der Waals surface area contributed by atoms with E-state index in [2.05, 4.69) is 38.2 Å². The third kappa shape index (κ3) is 35.1. The molecule has 0 aromatic rings. The van der Waals surface area contributed by atoms with Crippen molar-refractivity contribution >= 4 is 22.1 Å². The lowest BCUT2D eigenvalue weighted by atomic mass is 10.00. The number of aliphatic hydroxyl groups is 3. The molecular weight excluding hydrogens is 825 g/mol. The molecule has 1 saturated heterocycles. The minimum atomic E-state index is -4.60. The van der Waals surface area contributed by atoms with Gasteiger partial charge in [0.25, 0.3) is 10.1 Å². The molecule has 0 aromatic heterocycles. The molecule has 1 rings (SSSR count). The molecule has 12 nitrogen and oxygen atoms in total. The van der Waals surface area contributed by atoms with E-state index in [1.54, 1.807) is 0 Å². The van der Waals surface area contributed by atoms with Crippen molar-refractivity contribution in [2.45, 2.75) is 263 Å². The molecule has 13 heteroatoms. The maximum Gasteiger partial charge on any atom is 0.306 e. The molecule has 0 bridgehead atoms. The van der Waals surface area contributed by atoms with Gasteiger partial charge < -0.3 is 34.3 Å². The highest BCUT2D eigenvalue weighted by Gasteiger charge is 2.46. The van der Waals surface area contributed by atoms with Gasteiger partial charge in [-0.1, -0.05) is 192 Å². The van der Waals surface area contributed by atoms with Gasteiger partial charge in [-0.15, -0.1) is 0 Å². The van der Waals surface area contributed by atoms with E-state index < -0.39 is 71.2 Å². The third-order valence-corrected chi connectivity index (χ3v) is 12.5. The van der Waals surface area contributed by atoms with Crippen molar-refractivity contribution in [3.63, 3.8) is 0 Å². The average Bonchev–Trinajstić information content (AvgIpc) is 3.25. The molecule has 1 aliphatic heterocycles. The molecule has 0 saturated carbocycles. The van der Waals surface area contributed by atoms with Gasteiger partial charge in [0.15, 0.2) is 12.4 Å². The summed E-state index contributed by atoms with van der Waals surface area (Å²) >= 11 is 0. The predicted molar refractivity (Wildman–Crippen MR) is 252 cm³/mol. The average molecular weight is 917 g/mol. The van der Waals surface area contributed by atoms with Gasteiger partial charge in [0.1, 0.15) is 36.8 Å². The van der Waals surface area contributed by atoms with Crippen molar-refractivity contribution in [1.82, 2.24) is 0 Å². The zero-order chi connectivity index (χ0) is 46.2. The molecule has 4 N–H and O–H groups in total. The molecule has 0 aliphatic carbocycles. The number of hydrogen-bond donors (Lipinski definition) is 4. The molecule has 1 heterocycles. The quantitative estimate of drug-likeness (QED) is 0.0197. The number of carbonyl (C=O) groups is 2. The Kier molecular flexibility index (Phi) is 37.9. The molecule has 0 amide bonds. The van der Waals surface area contributed by atoms with Gasteiger partial charge in [-0.2, -0.15) is 8.42 Å². The Morgan fingerprint density at radius 3 is 1.43 bits per heavy atom. The summed E-state index contributed by atoms with van der Waals surface area (Å²) in [6, 6.07) is 0. The fourth-order valence-electron chi connectivity index (χ4n) is 7.83. The fourth-order valence-corrected chi connectivity index (χ4v) is 8.52. The first-order valence-corrected chi connectivity index (χ1v) is 27.0. The summed E-state index contributed by atoms with van der Waals surface area (Å²) in [6.45, 7) is 3.77. The number of rotatable bonds is 43. The lowest BCUT2D eigenvalue weighted by Crippen LogP contribution is -2.60. The van der Waals surface area contributed by atoms with Crippen molar-refractivity contribution in [3.8, 4) is 0 Å². The van der Waals surface area contributed by atoms with Crippen LogP contribution in [-0.2, 0) is 38.7 Å². The highest BCUT2D eigenvalue weighted by Crippen LogP contribution is 2.24. The van der Waals surface area contributed by atoms with E-state index in [9.17, 15) is 37.9 Å². The van der Waals surface area contributed by atoms with E-state index >= 15 is 0 Å². The minimum absolute atomic E-state index is 0.162. The second kappa shape index (κ2) is 40.4. The Morgan fingerprint density at radius 2 is 0.952 bits per heavy atom. The number of allylic oxidation sites excluding steroid dienone is 4. The summed E-state index contributed by atoms with van der Waals surface area (Å²) in [7, 11) is -4.60. The van der Waals surface area contributed by atoms with Crippen LogP contribution in [0.5, 0.6) is 0 Å². The van der Waals surface area contributed by atoms with Gasteiger partial charge in [0.2, 0.25) is 0 Å². The Bertz CT molecular complexity index is 1260. The zero-order valence-electron chi connectivity index (χ0n) is 39.7. The van der Waals surface area contributed by atoms with Crippen LogP contribution in [0.4, 0.5) is 0 Å². The summed E-state index contributed by atoms with van der Waals surface area (Å²) in [5, 5.41) is 31.0. The summed E-state index contributed by atoms with van der Waals surface area (Å²) in [5.74, 6) is -1.97. The van der Waals surface area contributed by atoms with E-state index in [1.165, 1.54) is 135 Å². The third-order valence-electron chi connectivity index (χ3n) is 11.8. The van der Waals surface area contributed by atoms with Crippen molar-refractivity contribution in [2.24, 2.45) is 0 Å². The highest BCUT2D eigenvalue weighted by molar-refractivity contribution is 7.85. The lowest BCUT2D eigenvalue weighted by Gasteiger charge is -2.40. The van der Waals surface area contributed by atoms with Gasteiger partial charge in [-0.3, -0.25) is 14.1 Å². The lowest BCUT2D eigenvalue weighted by molar-refractivity contribution is -0.297. The molecular formula is C50H92O12S. The van der Waals surface area contributed by atoms with Crippen LogP contribution in [0.1, 0.15) is 226 Å². The maximum absolute atomic E-state index is 12.9. The van der Waals surface area contributed by atoms with Gasteiger partial charge in [-0.05, 0) is 44.9 Å². The topological polar surface area (TPSA) is 186 Å². The summed E-state index contributed by atoms with van der Waals surface area (Å²) in [4.78, 5) is 25.5. The first kappa shape index (κ1) is 59.1. The number of aliphatic hydroxyl groups excluding tert-OH is 3. The summed E-state index contributed by atoms with van der Waals surface area (Å²) < 4.78 is 54.2. The SMILES string of the molecule is CCCCC/C=C\C/C=C\CCCCCCCCCCCC(=O)OC(COC(=O)CCCCCCCCCCCCCCCCCC)COC1OC(CS(=O)(=O)O)C(O)C(O)C1O. The van der Waals surface area contributed by atoms with Crippen LogP contribution >= 0.6 is 0 Å². The minimum Gasteiger partial charge on any atom is -0.462 e. The normalized spacial score (nSPS) is 19.9. The van der Waals surface area contributed by atoms with E-state index in [1.807, 2.05) is 0 Å². The first-order chi connectivity index (χ1) is 30.5. The number of carbonyl (C=O) groups excluding carboxylic acids is 2. The van der Waals surface area contributed by atoms with Crippen molar-refractivity contribution in [1.29, 1.82) is 0 Å². The second-order valence-corrected chi connectivity index (χ2v) is 19.3. The second-order valence-electron chi connectivity index (χ2n) is 17.8. The monoisotopic (exact) mass is 917 g/mol. The van der Waals surface area contributed by atoms with Gasteiger partial charge in [0.05, 0.1) is 6.61 Å². The molecule has 370 valence electrons. The number of ether oxygens (including phenoxy) is 4. The van der Waals surface area contributed by atoms with Crippen LogP contribution < -0.4 is 0 Å². The van der Waals surface area contributed by atoms with Crippen LogP contribution in [0, 0.1) is 0 Å². The van der Waals surface area contributed by atoms with E-state index in [0.717, 1.165) is 51.4 Å². The molecule has 0 radical (unpaired) electrons. The Labute approximate surface area is 383 Å². The highest BCUT2D eigenvalue weighted by atomic mass is 32.2. The fraction of sp³-hybridized carbons (Fsp3) is 0.880. The van der Waals surface area contributed by atoms with Crippen molar-refractivity contribution in [2.75, 3.05) is 19.0 Å². The Hall–Kier alpha value is -1.87. The molecule has 6 atom stereocenters. The molecule has 63 heavy (non-hydrogen) atoms. The molecule has 1 aliphatic rings. The van der Waals surface area contributed by atoms with Crippen LogP contribution in [-0.4, -0.2) is 96.0 Å². The Morgan fingerprint density at radius 1 is 0.540 bits per heavy atom. The maximum atomic E-state index is 12.9. The molecule has 1 fully saturated rings. The van der Waals surface area contributed by atoms with Crippen LogP contribution in [0.3, 0.4) is 0 Å². The standard InChI is InChI=1S/C50H92O12S/c1-3-5-7-9-11-13-15-17-19-21-22-23-25-27-29-31-33-35-37-39-46(52)61-43(41-60-50-49(55)48(54)47(53)44(62-50)42-63(56,57)58)40-59-45(51)38-36-34-32-30-28-26-24-20-18-16-14-12-10-8-6-4-2/h11,13,17,19,43-44,47-50,53-55H,3-10,12,14-16,18,20-42H2,1-2H3,(H,56,57,58)/b13-11-,19-17-. The van der Waals surface area contributed by atoms with Crippen LogP contribution in [0.2, 0.25) is 0 Å². The van der Waals surface area contributed by atoms with Gasteiger partial charge in [-0.25, -0.2) is 0 Å². The van der Waals surface area contributed by atoms with Crippen molar-refractivity contribution < 1.29 is 56.8 Å².